The van der Waals surface area contributed by atoms with Crippen LogP contribution in [-0.4, -0.2) is 54.9 Å². The molecule has 2 saturated carbocycles. The van der Waals surface area contributed by atoms with Crippen LogP contribution < -0.4 is 0 Å². The van der Waals surface area contributed by atoms with Gasteiger partial charge in [0.15, 0.2) is 10.9 Å². The van der Waals surface area contributed by atoms with Gasteiger partial charge < -0.3 is 14.2 Å². The first-order valence-corrected chi connectivity index (χ1v) is 14.2. The number of methoxy groups -OCH3 is 2. The first-order valence-electron chi connectivity index (χ1n) is 13.2. The van der Waals surface area contributed by atoms with Crippen molar-refractivity contribution in [1.29, 1.82) is 0 Å². The highest BCUT2D eigenvalue weighted by atomic mass is 32.2. The van der Waals surface area contributed by atoms with Crippen LogP contribution in [-0.2, 0) is 43.1 Å². The number of carbonyl (C=O) groups is 2. The van der Waals surface area contributed by atoms with E-state index in [-0.39, 0.29) is 29.5 Å². The zero-order valence-corrected chi connectivity index (χ0v) is 22.4. The van der Waals surface area contributed by atoms with Crippen LogP contribution in [0.3, 0.4) is 0 Å². The van der Waals surface area contributed by atoms with Crippen molar-refractivity contribution in [3.05, 3.63) is 29.1 Å². The van der Waals surface area contributed by atoms with E-state index in [4.69, 9.17) is 19.2 Å². The number of hydrogen-bond donors (Lipinski definition) is 0. The molecule has 0 spiro atoms. The number of hydrogen-bond acceptors (Lipinski definition) is 7. The topological polar surface area (TPSA) is 74.7 Å². The summed E-state index contributed by atoms with van der Waals surface area (Å²) in [6, 6.07) is 2.16. The van der Waals surface area contributed by atoms with Crippen LogP contribution >= 0.6 is 11.8 Å². The Morgan fingerprint density at radius 1 is 1.06 bits per heavy atom. The molecule has 0 amide bonds. The summed E-state index contributed by atoms with van der Waals surface area (Å²) < 4.78 is 17.1. The maximum absolute atomic E-state index is 14.0. The molecule has 0 N–H and O–H groups in total. The van der Waals surface area contributed by atoms with Crippen molar-refractivity contribution in [2.75, 3.05) is 33.4 Å². The number of nitrogens with zero attached hydrogens (tertiary/aromatic N) is 1. The smallest absolute Gasteiger partial charge is 0.185 e. The molecule has 3 aliphatic carbocycles. The molecule has 0 aromatic carbocycles. The molecule has 1 aromatic heterocycles. The molecule has 7 heteroatoms. The van der Waals surface area contributed by atoms with E-state index in [0.29, 0.717) is 31.1 Å². The van der Waals surface area contributed by atoms with E-state index < -0.39 is 5.60 Å². The number of fused-ring (bicyclic) bond motifs is 1. The Hall–Kier alpha value is -1.28. The van der Waals surface area contributed by atoms with Crippen LogP contribution in [0.2, 0.25) is 0 Å². The van der Waals surface area contributed by atoms with Crippen LogP contribution in [0.1, 0.15) is 68.7 Å². The number of rotatable bonds is 12. The molecule has 6 nitrogen and oxygen atoms in total. The predicted octanol–water partition coefficient (Wildman–Crippen LogP) is 4.80. The van der Waals surface area contributed by atoms with Gasteiger partial charge in [0, 0.05) is 64.2 Å². The van der Waals surface area contributed by atoms with Crippen LogP contribution in [0.15, 0.2) is 12.3 Å². The quantitative estimate of drug-likeness (QED) is 0.300. The fourth-order valence-corrected chi connectivity index (χ4v) is 6.95. The molecule has 1 heterocycles. The van der Waals surface area contributed by atoms with E-state index in [1.165, 1.54) is 48.6 Å². The lowest BCUT2D eigenvalue weighted by Gasteiger charge is -2.38. The highest BCUT2D eigenvalue weighted by molar-refractivity contribution is 8.13. The first-order chi connectivity index (χ1) is 16.9. The normalized spacial score (nSPS) is 28.7. The molecular weight excluding hydrogens is 462 g/mol. The number of Topliss-reactive ketones (excluding diaryl/α,β-unsaturated/α-hetero) is 1. The molecule has 4 rings (SSSR count). The summed E-state index contributed by atoms with van der Waals surface area (Å²) in [6.45, 7) is 2.18. The second kappa shape index (κ2) is 12.3. The number of thioether (sulfide) groups is 1. The largest absolute Gasteiger partial charge is 0.384 e. The molecule has 35 heavy (non-hydrogen) atoms. The maximum atomic E-state index is 14.0. The number of pyridine rings is 1. The van der Waals surface area contributed by atoms with Gasteiger partial charge in [0.2, 0.25) is 0 Å². The van der Waals surface area contributed by atoms with Crippen LogP contribution in [0.4, 0.5) is 0 Å². The van der Waals surface area contributed by atoms with E-state index in [2.05, 4.69) is 6.07 Å². The molecule has 194 valence electrons. The van der Waals surface area contributed by atoms with Gasteiger partial charge in [-0.2, -0.15) is 0 Å². The standard InChI is InChI=1S/C28H41NO5S/c1-19(30)35-17-24-9-8-22(16-32-2)14-27(31)28(24,34-18-33-3)15-26-25-13-21(7-6-20-4-5-20)12-23(25)10-11-29-26/h10-11,20-22,24H,4-9,12-18H2,1-3H3/t21-,22?,24+,28-/m1/s1. The first kappa shape index (κ1) is 26.8. The van der Waals surface area contributed by atoms with E-state index in [1.807, 2.05) is 6.20 Å². The van der Waals surface area contributed by atoms with Crippen molar-refractivity contribution in [2.45, 2.75) is 76.7 Å². The predicted molar refractivity (Wildman–Crippen MR) is 137 cm³/mol. The summed E-state index contributed by atoms with van der Waals surface area (Å²) in [5.41, 5.74) is 2.64. The third-order valence-electron chi connectivity index (χ3n) is 8.21. The summed E-state index contributed by atoms with van der Waals surface area (Å²) in [4.78, 5) is 30.7. The summed E-state index contributed by atoms with van der Waals surface area (Å²) in [7, 11) is 3.27. The van der Waals surface area contributed by atoms with Crippen molar-refractivity contribution >= 4 is 22.7 Å². The molecule has 4 atom stereocenters. The van der Waals surface area contributed by atoms with Gasteiger partial charge >= 0.3 is 0 Å². The molecule has 0 radical (unpaired) electrons. The Morgan fingerprint density at radius 3 is 2.54 bits per heavy atom. The van der Waals surface area contributed by atoms with Crippen LogP contribution in [0, 0.1) is 23.7 Å². The lowest BCUT2D eigenvalue weighted by molar-refractivity contribution is -0.173. The fraction of sp³-hybridized carbons (Fsp3) is 0.750. The highest BCUT2D eigenvalue weighted by Gasteiger charge is 2.50. The summed E-state index contributed by atoms with van der Waals surface area (Å²) in [6.07, 6.45) is 12.0. The van der Waals surface area contributed by atoms with Gasteiger partial charge in [-0.05, 0) is 67.1 Å². The van der Waals surface area contributed by atoms with Crippen LogP contribution in [0.25, 0.3) is 0 Å². The van der Waals surface area contributed by atoms with Crippen molar-refractivity contribution in [3.63, 3.8) is 0 Å². The summed E-state index contributed by atoms with van der Waals surface area (Å²) in [5.74, 6) is 2.33. The third kappa shape index (κ3) is 6.73. The number of ether oxygens (including phenoxy) is 3. The Bertz CT molecular complexity index is 888. The van der Waals surface area contributed by atoms with Gasteiger partial charge in [0.1, 0.15) is 12.4 Å². The number of carbonyl (C=O) groups excluding carboxylic acids is 2. The van der Waals surface area contributed by atoms with Crippen LogP contribution in [0.5, 0.6) is 0 Å². The van der Waals surface area contributed by atoms with E-state index in [9.17, 15) is 9.59 Å². The molecule has 0 bridgehead atoms. The lowest BCUT2D eigenvalue weighted by atomic mass is 9.78. The minimum absolute atomic E-state index is 0.0426. The summed E-state index contributed by atoms with van der Waals surface area (Å²) in [5, 5.41) is 0.0630. The lowest BCUT2D eigenvalue weighted by Crippen LogP contribution is -2.51. The Morgan fingerprint density at radius 2 is 1.83 bits per heavy atom. The zero-order valence-electron chi connectivity index (χ0n) is 21.6. The maximum Gasteiger partial charge on any atom is 0.185 e. The SMILES string of the molecule is COCO[C@@]1(Cc2nccc3c2C[C@H](CCC2CC2)C3)C(=O)CC(COC)CC[C@H]1CSC(C)=O. The minimum atomic E-state index is -1.05. The van der Waals surface area contributed by atoms with Crippen molar-refractivity contribution in [3.8, 4) is 0 Å². The van der Waals surface area contributed by atoms with Crippen molar-refractivity contribution in [2.24, 2.45) is 23.7 Å². The minimum Gasteiger partial charge on any atom is -0.384 e. The second-order valence-corrected chi connectivity index (χ2v) is 12.0. The Balaban J connectivity index is 1.62. The average Bonchev–Trinajstić information content (AvgIpc) is 3.58. The second-order valence-electron chi connectivity index (χ2n) is 10.8. The molecular formula is C28H41NO5S. The molecule has 0 aliphatic heterocycles. The monoisotopic (exact) mass is 503 g/mol. The van der Waals surface area contributed by atoms with Crippen molar-refractivity contribution in [1.82, 2.24) is 4.98 Å². The summed E-state index contributed by atoms with van der Waals surface area (Å²) >= 11 is 1.29. The molecule has 2 fully saturated rings. The van der Waals surface area contributed by atoms with Gasteiger partial charge in [-0.3, -0.25) is 14.6 Å². The molecule has 1 aromatic rings. The molecule has 3 aliphatic rings. The Labute approximate surface area is 214 Å². The van der Waals surface area contributed by atoms with Gasteiger partial charge in [-0.1, -0.05) is 31.0 Å². The third-order valence-corrected chi connectivity index (χ3v) is 9.18. The van der Waals surface area contributed by atoms with Gasteiger partial charge in [-0.25, -0.2) is 0 Å². The van der Waals surface area contributed by atoms with Gasteiger partial charge in [0.05, 0.1) is 0 Å². The van der Waals surface area contributed by atoms with E-state index >= 15 is 0 Å². The average molecular weight is 504 g/mol. The molecule has 1 unspecified atom stereocenters. The van der Waals surface area contributed by atoms with Crippen molar-refractivity contribution < 1.29 is 23.8 Å². The zero-order chi connectivity index (χ0) is 24.8. The van der Waals surface area contributed by atoms with E-state index in [0.717, 1.165) is 37.3 Å². The van der Waals surface area contributed by atoms with Gasteiger partial charge in [-0.15, -0.1) is 0 Å². The van der Waals surface area contributed by atoms with Gasteiger partial charge in [0.25, 0.3) is 0 Å². The number of ketones is 1. The van der Waals surface area contributed by atoms with E-state index in [1.54, 1.807) is 21.1 Å². The highest BCUT2D eigenvalue weighted by Crippen LogP contribution is 2.42. The number of aromatic nitrogens is 1. The Kier molecular flexibility index (Phi) is 9.41. The fourth-order valence-electron chi connectivity index (χ4n) is 6.08. The molecule has 0 saturated heterocycles.